The third kappa shape index (κ3) is 2.21. The number of hydrogen-bond donors (Lipinski definition) is 0. The van der Waals surface area contributed by atoms with Gasteiger partial charge in [-0.15, -0.1) is 0 Å². The zero-order valence-electron chi connectivity index (χ0n) is 14.3. The lowest BCUT2D eigenvalue weighted by Crippen LogP contribution is -2.69. The fourth-order valence-electron chi connectivity index (χ4n) is 4.56. The van der Waals surface area contributed by atoms with Gasteiger partial charge in [0.2, 0.25) is 0 Å². The van der Waals surface area contributed by atoms with E-state index in [0.717, 1.165) is 38.2 Å². The van der Waals surface area contributed by atoms with Crippen LogP contribution in [0.4, 0.5) is 16.0 Å². The van der Waals surface area contributed by atoms with Crippen molar-refractivity contribution in [3.8, 4) is 0 Å². The van der Waals surface area contributed by atoms with E-state index in [1.165, 1.54) is 24.0 Å². The molecule has 0 aromatic carbocycles. The van der Waals surface area contributed by atoms with Gasteiger partial charge in [0.25, 0.3) is 0 Å². The SMILES string of the molecule is CCc1ncnc(N2CC3CC(C2)N3c2ncnc3c2CCC3)c1F. The summed E-state index contributed by atoms with van der Waals surface area (Å²) in [6.07, 6.45) is 8.21. The molecular formula is C18H21FN6. The summed E-state index contributed by atoms with van der Waals surface area (Å²) in [6, 6.07) is 0.746. The number of fused-ring (bicyclic) bond motifs is 3. The Hall–Kier alpha value is -2.31. The van der Waals surface area contributed by atoms with Crippen LogP contribution in [-0.4, -0.2) is 45.1 Å². The number of nitrogens with zero attached hydrogens (tertiary/aromatic N) is 6. The number of rotatable bonds is 3. The second-order valence-electron chi connectivity index (χ2n) is 7.14. The van der Waals surface area contributed by atoms with E-state index in [-0.39, 0.29) is 5.82 Å². The van der Waals surface area contributed by atoms with E-state index < -0.39 is 0 Å². The molecule has 2 atom stereocenters. The lowest BCUT2D eigenvalue weighted by atomic mass is 9.86. The minimum Gasteiger partial charge on any atom is -0.350 e. The second kappa shape index (κ2) is 5.61. The maximum atomic E-state index is 14.6. The Morgan fingerprint density at radius 1 is 1.04 bits per heavy atom. The van der Waals surface area contributed by atoms with E-state index in [1.807, 2.05) is 6.92 Å². The molecule has 0 amide bonds. The van der Waals surface area contributed by atoms with E-state index in [9.17, 15) is 4.39 Å². The van der Waals surface area contributed by atoms with Gasteiger partial charge in [-0.2, -0.15) is 0 Å². The molecule has 25 heavy (non-hydrogen) atoms. The van der Waals surface area contributed by atoms with Crippen molar-refractivity contribution in [1.29, 1.82) is 0 Å². The minimum absolute atomic E-state index is 0.263. The molecule has 7 heteroatoms. The van der Waals surface area contributed by atoms with Crippen molar-refractivity contribution in [2.24, 2.45) is 0 Å². The summed E-state index contributed by atoms with van der Waals surface area (Å²) in [5.41, 5.74) is 3.03. The average molecular weight is 340 g/mol. The zero-order chi connectivity index (χ0) is 17.0. The Bertz CT molecular complexity index is 813. The first-order chi connectivity index (χ1) is 12.3. The Morgan fingerprint density at radius 3 is 2.60 bits per heavy atom. The topological polar surface area (TPSA) is 58.0 Å². The van der Waals surface area contributed by atoms with Gasteiger partial charge in [-0.05, 0) is 32.1 Å². The van der Waals surface area contributed by atoms with E-state index in [2.05, 4.69) is 29.7 Å². The van der Waals surface area contributed by atoms with E-state index in [0.29, 0.717) is 30.0 Å². The molecule has 0 spiro atoms. The van der Waals surface area contributed by atoms with E-state index >= 15 is 0 Å². The quantitative estimate of drug-likeness (QED) is 0.851. The summed E-state index contributed by atoms with van der Waals surface area (Å²) in [6.45, 7) is 3.49. The van der Waals surface area contributed by atoms with Crippen LogP contribution in [0.2, 0.25) is 0 Å². The Balaban J connectivity index is 1.41. The highest BCUT2D eigenvalue weighted by molar-refractivity contribution is 5.58. The van der Waals surface area contributed by atoms with Crippen molar-refractivity contribution in [1.82, 2.24) is 19.9 Å². The van der Waals surface area contributed by atoms with Crippen molar-refractivity contribution < 1.29 is 4.39 Å². The van der Waals surface area contributed by atoms with Gasteiger partial charge in [0, 0.05) is 24.3 Å². The summed E-state index contributed by atoms with van der Waals surface area (Å²) < 4.78 is 14.6. The molecule has 5 heterocycles. The van der Waals surface area contributed by atoms with Gasteiger partial charge in [-0.25, -0.2) is 24.3 Å². The first-order valence-corrected chi connectivity index (χ1v) is 9.11. The van der Waals surface area contributed by atoms with E-state index in [4.69, 9.17) is 0 Å². The predicted molar refractivity (Wildman–Crippen MR) is 92.3 cm³/mol. The van der Waals surface area contributed by atoms with Gasteiger partial charge in [0.05, 0.1) is 17.8 Å². The number of aryl methyl sites for hydroxylation is 2. The highest BCUT2D eigenvalue weighted by Gasteiger charge is 2.47. The van der Waals surface area contributed by atoms with Crippen molar-refractivity contribution in [2.45, 2.75) is 51.1 Å². The normalized spacial score (nSPS) is 24.2. The summed E-state index contributed by atoms with van der Waals surface area (Å²) >= 11 is 0. The minimum atomic E-state index is -0.263. The molecule has 3 saturated heterocycles. The molecular weight excluding hydrogens is 319 g/mol. The molecule has 2 aromatic heterocycles. The first kappa shape index (κ1) is 15.0. The average Bonchev–Trinajstić information content (AvgIpc) is 3.11. The number of halogens is 1. The number of piperidine rings is 1. The molecule has 2 bridgehead atoms. The van der Waals surface area contributed by atoms with Gasteiger partial charge < -0.3 is 9.80 Å². The molecule has 130 valence electrons. The summed E-state index contributed by atoms with van der Waals surface area (Å²) in [4.78, 5) is 21.8. The van der Waals surface area contributed by atoms with Crippen molar-refractivity contribution in [3.05, 3.63) is 35.4 Å². The number of hydrogen-bond acceptors (Lipinski definition) is 6. The van der Waals surface area contributed by atoms with Crippen LogP contribution >= 0.6 is 0 Å². The standard InChI is InChI=1S/C18H21FN6/c1-2-14-16(19)18(23-9-20-14)24-7-11-6-12(8-24)25(11)17-13-4-3-5-15(13)21-10-22-17/h9-12H,2-8H2,1H3. The van der Waals surface area contributed by atoms with Crippen molar-refractivity contribution >= 4 is 11.6 Å². The largest absolute Gasteiger partial charge is 0.350 e. The van der Waals surface area contributed by atoms with Crippen LogP contribution in [0.5, 0.6) is 0 Å². The third-order valence-electron chi connectivity index (χ3n) is 5.77. The molecule has 2 unspecified atom stereocenters. The number of anilines is 2. The van der Waals surface area contributed by atoms with Gasteiger partial charge >= 0.3 is 0 Å². The van der Waals surface area contributed by atoms with Gasteiger partial charge in [0.15, 0.2) is 11.6 Å². The molecule has 2 aromatic rings. The van der Waals surface area contributed by atoms with Gasteiger partial charge in [0.1, 0.15) is 18.5 Å². The molecule has 4 aliphatic rings. The van der Waals surface area contributed by atoms with Crippen LogP contribution in [0.1, 0.15) is 36.7 Å². The lowest BCUT2D eigenvalue weighted by molar-refractivity contribution is 0.285. The maximum Gasteiger partial charge on any atom is 0.187 e. The smallest absolute Gasteiger partial charge is 0.187 e. The fraction of sp³-hybridized carbons (Fsp3) is 0.556. The summed E-state index contributed by atoms with van der Waals surface area (Å²) in [7, 11) is 0. The molecule has 6 rings (SSSR count). The Morgan fingerprint density at radius 2 is 1.80 bits per heavy atom. The Kier molecular flexibility index (Phi) is 3.36. The zero-order valence-corrected chi connectivity index (χ0v) is 14.3. The molecule has 6 nitrogen and oxygen atoms in total. The molecule has 0 saturated carbocycles. The van der Waals surface area contributed by atoms with Crippen LogP contribution in [0.3, 0.4) is 0 Å². The molecule has 3 fully saturated rings. The number of aromatic nitrogens is 4. The fourth-order valence-corrected chi connectivity index (χ4v) is 4.56. The second-order valence-corrected chi connectivity index (χ2v) is 7.14. The maximum absolute atomic E-state index is 14.6. The molecule has 0 radical (unpaired) electrons. The monoisotopic (exact) mass is 340 g/mol. The van der Waals surface area contributed by atoms with Crippen LogP contribution in [-0.2, 0) is 19.3 Å². The van der Waals surface area contributed by atoms with Gasteiger partial charge in [-0.1, -0.05) is 6.92 Å². The molecule has 0 N–H and O–H groups in total. The number of piperazine rings is 1. The van der Waals surface area contributed by atoms with Crippen LogP contribution in [0.15, 0.2) is 12.7 Å². The van der Waals surface area contributed by atoms with Crippen molar-refractivity contribution in [3.63, 3.8) is 0 Å². The van der Waals surface area contributed by atoms with Gasteiger partial charge in [-0.3, -0.25) is 0 Å². The summed E-state index contributed by atoms with van der Waals surface area (Å²) in [5, 5.41) is 0. The first-order valence-electron chi connectivity index (χ1n) is 9.11. The third-order valence-corrected chi connectivity index (χ3v) is 5.77. The summed E-state index contributed by atoms with van der Waals surface area (Å²) in [5.74, 6) is 1.30. The van der Waals surface area contributed by atoms with E-state index in [1.54, 1.807) is 6.33 Å². The van der Waals surface area contributed by atoms with Crippen LogP contribution in [0, 0.1) is 5.82 Å². The predicted octanol–water partition coefficient (Wildman–Crippen LogP) is 1.92. The highest BCUT2D eigenvalue weighted by Crippen LogP contribution is 2.41. The van der Waals surface area contributed by atoms with Crippen LogP contribution in [0.25, 0.3) is 0 Å². The Labute approximate surface area is 146 Å². The molecule has 1 aliphatic carbocycles. The van der Waals surface area contributed by atoms with Crippen molar-refractivity contribution in [2.75, 3.05) is 22.9 Å². The van der Waals surface area contributed by atoms with Crippen LogP contribution < -0.4 is 9.80 Å². The lowest BCUT2D eigenvalue weighted by Gasteiger charge is -2.57. The molecule has 3 aliphatic heterocycles. The highest BCUT2D eigenvalue weighted by atomic mass is 19.1.